The smallest absolute Gasteiger partial charge is 0.278 e. The Hall–Kier alpha value is -2.25. The first-order chi connectivity index (χ1) is 12.9. The third-order valence-corrected chi connectivity index (χ3v) is 5.52. The SMILES string of the molecule is CCc1ccc2nc(N(CCN(C)C)C(=O)c3ccnn3C(C)C)sc2c1. The van der Waals surface area contributed by atoms with Gasteiger partial charge in [0.25, 0.3) is 5.91 Å². The maximum Gasteiger partial charge on any atom is 0.278 e. The third kappa shape index (κ3) is 4.20. The predicted octanol–water partition coefficient (Wildman–Crippen LogP) is 3.84. The summed E-state index contributed by atoms with van der Waals surface area (Å²) in [6.45, 7) is 7.53. The molecule has 1 amide bonds. The summed E-state index contributed by atoms with van der Waals surface area (Å²) in [5.41, 5.74) is 2.81. The molecule has 0 atom stereocenters. The number of aromatic nitrogens is 3. The lowest BCUT2D eigenvalue weighted by Crippen LogP contribution is -2.38. The van der Waals surface area contributed by atoms with E-state index >= 15 is 0 Å². The van der Waals surface area contributed by atoms with Crippen molar-refractivity contribution in [3.8, 4) is 0 Å². The van der Waals surface area contributed by atoms with E-state index in [-0.39, 0.29) is 11.9 Å². The van der Waals surface area contributed by atoms with Gasteiger partial charge in [0, 0.05) is 25.3 Å². The summed E-state index contributed by atoms with van der Waals surface area (Å²) in [7, 11) is 4.01. The van der Waals surface area contributed by atoms with Gasteiger partial charge in [-0.1, -0.05) is 24.3 Å². The lowest BCUT2D eigenvalue weighted by atomic mass is 10.2. The zero-order chi connectivity index (χ0) is 19.6. The van der Waals surface area contributed by atoms with Crippen LogP contribution in [0.1, 0.15) is 42.9 Å². The van der Waals surface area contributed by atoms with Gasteiger partial charge in [-0.05, 0) is 58.1 Å². The van der Waals surface area contributed by atoms with Crippen LogP contribution in [0.3, 0.4) is 0 Å². The van der Waals surface area contributed by atoms with Crippen molar-refractivity contribution in [1.29, 1.82) is 0 Å². The molecule has 0 unspecified atom stereocenters. The normalized spacial score (nSPS) is 11.7. The van der Waals surface area contributed by atoms with Crippen LogP contribution in [0.4, 0.5) is 5.13 Å². The first-order valence-corrected chi connectivity index (χ1v) is 10.1. The number of rotatable bonds is 7. The fourth-order valence-corrected chi connectivity index (χ4v) is 3.96. The van der Waals surface area contributed by atoms with Gasteiger partial charge in [-0.25, -0.2) is 4.98 Å². The van der Waals surface area contributed by atoms with Gasteiger partial charge in [0.15, 0.2) is 5.13 Å². The van der Waals surface area contributed by atoms with Crippen LogP contribution in [-0.4, -0.2) is 52.8 Å². The summed E-state index contributed by atoms with van der Waals surface area (Å²) in [6, 6.07) is 8.22. The van der Waals surface area contributed by atoms with Gasteiger partial charge in [-0.3, -0.25) is 14.4 Å². The zero-order valence-electron chi connectivity index (χ0n) is 16.6. The number of anilines is 1. The van der Waals surface area contributed by atoms with Gasteiger partial charge >= 0.3 is 0 Å². The van der Waals surface area contributed by atoms with E-state index in [0.717, 1.165) is 28.3 Å². The molecule has 0 saturated carbocycles. The lowest BCUT2D eigenvalue weighted by Gasteiger charge is -2.22. The highest BCUT2D eigenvalue weighted by atomic mass is 32.1. The number of amides is 1. The van der Waals surface area contributed by atoms with E-state index in [1.54, 1.807) is 33.2 Å². The number of carbonyl (C=O) groups is 1. The molecule has 0 aliphatic rings. The molecule has 7 heteroatoms. The van der Waals surface area contributed by atoms with Crippen molar-refractivity contribution in [2.45, 2.75) is 33.2 Å². The second-order valence-electron chi connectivity index (χ2n) is 7.17. The molecule has 27 heavy (non-hydrogen) atoms. The molecule has 0 fully saturated rings. The van der Waals surface area contributed by atoms with Gasteiger partial charge in [0.1, 0.15) is 5.69 Å². The monoisotopic (exact) mass is 385 g/mol. The summed E-state index contributed by atoms with van der Waals surface area (Å²) in [4.78, 5) is 22.0. The average molecular weight is 386 g/mol. The Labute approximate surface area is 164 Å². The van der Waals surface area contributed by atoms with Gasteiger partial charge in [0.2, 0.25) is 0 Å². The summed E-state index contributed by atoms with van der Waals surface area (Å²) in [5, 5.41) is 5.05. The number of fused-ring (bicyclic) bond motifs is 1. The van der Waals surface area contributed by atoms with E-state index < -0.39 is 0 Å². The first kappa shape index (κ1) is 19.5. The molecule has 2 aromatic heterocycles. The standard InChI is InChI=1S/C20H27N5OS/c1-6-15-7-8-16-18(13-15)27-20(22-16)24(12-11-23(4)5)19(26)17-9-10-21-25(17)14(2)3/h7-10,13-14H,6,11-12H2,1-5H3. The third-order valence-electron chi connectivity index (χ3n) is 4.48. The van der Waals surface area contributed by atoms with E-state index in [4.69, 9.17) is 4.98 Å². The number of thiazole rings is 1. The highest BCUT2D eigenvalue weighted by Gasteiger charge is 2.25. The molecule has 0 radical (unpaired) electrons. The van der Waals surface area contributed by atoms with Crippen molar-refractivity contribution >= 4 is 32.6 Å². The molecule has 2 heterocycles. The number of hydrogen-bond acceptors (Lipinski definition) is 5. The molecule has 3 aromatic rings. The summed E-state index contributed by atoms with van der Waals surface area (Å²) < 4.78 is 2.89. The Kier molecular flexibility index (Phi) is 5.92. The van der Waals surface area contributed by atoms with Crippen LogP contribution in [-0.2, 0) is 6.42 Å². The van der Waals surface area contributed by atoms with Gasteiger partial charge < -0.3 is 4.90 Å². The molecule has 144 valence electrons. The largest absolute Gasteiger partial charge is 0.308 e. The molecule has 0 aliphatic carbocycles. The fourth-order valence-electron chi connectivity index (χ4n) is 2.91. The number of nitrogens with zero attached hydrogens (tertiary/aromatic N) is 5. The van der Waals surface area contributed by atoms with Crippen LogP contribution in [0.2, 0.25) is 0 Å². The number of aryl methyl sites for hydroxylation is 1. The molecule has 0 spiro atoms. The summed E-state index contributed by atoms with van der Waals surface area (Å²) in [6.07, 6.45) is 2.67. The maximum absolute atomic E-state index is 13.4. The van der Waals surface area contributed by atoms with E-state index in [0.29, 0.717) is 12.2 Å². The lowest BCUT2D eigenvalue weighted by molar-refractivity contribution is 0.0973. The summed E-state index contributed by atoms with van der Waals surface area (Å²) in [5.74, 6) is -0.0576. The second-order valence-corrected chi connectivity index (χ2v) is 8.18. The van der Waals surface area contributed by atoms with Gasteiger partial charge in [-0.15, -0.1) is 0 Å². The Morgan fingerprint density at radius 1 is 1.22 bits per heavy atom. The number of carbonyl (C=O) groups excluding carboxylic acids is 1. The maximum atomic E-state index is 13.4. The fraction of sp³-hybridized carbons (Fsp3) is 0.450. The number of benzene rings is 1. The molecule has 3 rings (SSSR count). The Morgan fingerprint density at radius 2 is 2.00 bits per heavy atom. The molecular formula is C20H27N5OS. The molecule has 1 aromatic carbocycles. The van der Waals surface area contributed by atoms with E-state index in [1.807, 2.05) is 34.0 Å². The quantitative estimate of drug-likeness (QED) is 0.620. The zero-order valence-corrected chi connectivity index (χ0v) is 17.5. The van der Waals surface area contributed by atoms with Gasteiger partial charge in [-0.2, -0.15) is 5.10 Å². The Morgan fingerprint density at radius 3 is 2.67 bits per heavy atom. The van der Waals surface area contributed by atoms with Crippen molar-refractivity contribution in [3.63, 3.8) is 0 Å². The minimum absolute atomic E-state index is 0.0576. The molecule has 0 bridgehead atoms. The highest BCUT2D eigenvalue weighted by Crippen LogP contribution is 2.30. The topological polar surface area (TPSA) is 54.3 Å². The van der Waals surface area contributed by atoms with Crippen molar-refractivity contribution in [2.75, 3.05) is 32.1 Å². The predicted molar refractivity (Wildman–Crippen MR) is 112 cm³/mol. The average Bonchev–Trinajstić information content (AvgIpc) is 3.27. The molecule has 6 nitrogen and oxygen atoms in total. The summed E-state index contributed by atoms with van der Waals surface area (Å²) >= 11 is 1.57. The highest BCUT2D eigenvalue weighted by molar-refractivity contribution is 7.22. The van der Waals surface area contributed by atoms with E-state index in [2.05, 4.69) is 29.1 Å². The van der Waals surface area contributed by atoms with Gasteiger partial charge in [0.05, 0.1) is 10.2 Å². The van der Waals surface area contributed by atoms with Crippen LogP contribution in [0.15, 0.2) is 30.5 Å². The van der Waals surface area contributed by atoms with Crippen LogP contribution in [0, 0.1) is 0 Å². The first-order valence-electron chi connectivity index (χ1n) is 9.30. The number of likely N-dealkylation sites (N-methyl/N-ethyl adjacent to an activating group) is 1. The molecule has 0 saturated heterocycles. The minimum atomic E-state index is -0.0576. The van der Waals surface area contributed by atoms with Crippen molar-refractivity contribution in [2.24, 2.45) is 0 Å². The van der Waals surface area contributed by atoms with Crippen molar-refractivity contribution in [1.82, 2.24) is 19.7 Å². The van der Waals surface area contributed by atoms with Crippen molar-refractivity contribution < 1.29 is 4.79 Å². The number of hydrogen-bond donors (Lipinski definition) is 0. The second kappa shape index (κ2) is 8.19. The van der Waals surface area contributed by atoms with E-state index in [9.17, 15) is 4.79 Å². The Balaban J connectivity index is 2.00. The van der Waals surface area contributed by atoms with Crippen LogP contribution in [0.25, 0.3) is 10.2 Å². The van der Waals surface area contributed by atoms with Crippen LogP contribution >= 0.6 is 11.3 Å². The molecule has 0 N–H and O–H groups in total. The van der Waals surface area contributed by atoms with Crippen molar-refractivity contribution in [3.05, 3.63) is 41.7 Å². The minimum Gasteiger partial charge on any atom is -0.308 e. The van der Waals surface area contributed by atoms with Crippen LogP contribution < -0.4 is 4.90 Å². The molecular weight excluding hydrogens is 358 g/mol. The Bertz CT molecular complexity index is 927. The van der Waals surface area contributed by atoms with Crippen LogP contribution in [0.5, 0.6) is 0 Å². The molecule has 0 aliphatic heterocycles. The van der Waals surface area contributed by atoms with E-state index in [1.165, 1.54) is 5.56 Å².